The highest BCUT2D eigenvalue weighted by molar-refractivity contribution is 5.74. The van der Waals surface area contributed by atoms with Crippen LogP contribution in [-0.4, -0.2) is 42.3 Å². The van der Waals surface area contributed by atoms with Gasteiger partial charge in [-0.3, -0.25) is 9.69 Å². The lowest BCUT2D eigenvalue weighted by Gasteiger charge is -2.21. The summed E-state index contributed by atoms with van der Waals surface area (Å²) < 4.78 is 11.0. The maximum Gasteiger partial charge on any atom is 0.308 e. The van der Waals surface area contributed by atoms with Crippen molar-refractivity contribution in [1.82, 2.24) is 4.90 Å². The Morgan fingerprint density at radius 2 is 2.11 bits per heavy atom. The fourth-order valence-corrected chi connectivity index (χ4v) is 2.53. The van der Waals surface area contributed by atoms with E-state index in [4.69, 9.17) is 14.6 Å². The van der Waals surface area contributed by atoms with Crippen LogP contribution in [0.25, 0.3) is 0 Å². The fraction of sp³-hybridized carbons (Fsp3) is 0.500. The Labute approximate surface area is 111 Å². The van der Waals surface area contributed by atoms with Gasteiger partial charge in [-0.15, -0.1) is 0 Å². The van der Waals surface area contributed by atoms with Gasteiger partial charge in [0.1, 0.15) is 13.2 Å². The number of carboxylic acids is 1. The summed E-state index contributed by atoms with van der Waals surface area (Å²) in [6.45, 7) is 1.90. The molecule has 19 heavy (non-hydrogen) atoms. The van der Waals surface area contributed by atoms with Crippen LogP contribution in [-0.2, 0) is 11.3 Å². The van der Waals surface area contributed by atoms with Crippen molar-refractivity contribution in [3.8, 4) is 11.5 Å². The van der Waals surface area contributed by atoms with Crippen LogP contribution in [0.4, 0.5) is 0 Å². The fourth-order valence-electron chi connectivity index (χ4n) is 2.53. The molecule has 1 aromatic carbocycles. The van der Waals surface area contributed by atoms with E-state index in [9.17, 15) is 4.79 Å². The van der Waals surface area contributed by atoms with Gasteiger partial charge in [-0.25, -0.2) is 0 Å². The molecule has 0 amide bonds. The predicted molar refractivity (Wildman–Crippen MR) is 68.4 cm³/mol. The van der Waals surface area contributed by atoms with Crippen LogP contribution in [0, 0.1) is 5.92 Å². The zero-order chi connectivity index (χ0) is 13.4. The molecule has 0 bridgehead atoms. The number of aliphatic carboxylic acids is 1. The number of rotatable bonds is 4. The standard InChI is InChI=1S/C14H17NO4/c1-15(11-7-10(11)14(16)17)8-9-2-3-12-13(6-9)19-5-4-18-12/h2-3,6,10-11H,4-5,7-8H2,1H3,(H,16,17). The van der Waals surface area contributed by atoms with Gasteiger partial charge in [0.2, 0.25) is 0 Å². The molecule has 102 valence electrons. The summed E-state index contributed by atoms with van der Waals surface area (Å²) in [5.74, 6) is 0.663. The van der Waals surface area contributed by atoms with E-state index in [2.05, 4.69) is 4.90 Å². The quantitative estimate of drug-likeness (QED) is 0.889. The minimum Gasteiger partial charge on any atom is -0.486 e. The summed E-state index contributed by atoms with van der Waals surface area (Å²) in [5, 5.41) is 8.93. The van der Waals surface area contributed by atoms with Crippen LogP contribution >= 0.6 is 0 Å². The van der Waals surface area contributed by atoms with Crippen molar-refractivity contribution in [3.63, 3.8) is 0 Å². The summed E-state index contributed by atoms with van der Waals surface area (Å²) in [6, 6.07) is 6.05. The highest BCUT2D eigenvalue weighted by atomic mass is 16.6. The first kappa shape index (κ1) is 12.3. The number of ether oxygens (including phenoxy) is 2. The average molecular weight is 263 g/mol. The van der Waals surface area contributed by atoms with E-state index in [-0.39, 0.29) is 12.0 Å². The topological polar surface area (TPSA) is 59.0 Å². The second-order valence-corrected chi connectivity index (χ2v) is 5.14. The first-order valence-corrected chi connectivity index (χ1v) is 6.47. The zero-order valence-corrected chi connectivity index (χ0v) is 10.8. The third-order valence-corrected chi connectivity index (χ3v) is 3.68. The van der Waals surface area contributed by atoms with Gasteiger partial charge < -0.3 is 14.6 Å². The lowest BCUT2D eigenvalue weighted by molar-refractivity contribution is -0.138. The second-order valence-electron chi connectivity index (χ2n) is 5.14. The van der Waals surface area contributed by atoms with Crippen LogP contribution < -0.4 is 9.47 Å². The van der Waals surface area contributed by atoms with Crippen LogP contribution in [0.1, 0.15) is 12.0 Å². The summed E-state index contributed by atoms with van der Waals surface area (Å²) in [6.07, 6.45) is 0.746. The van der Waals surface area contributed by atoms with E-state index in [1.54, 1.807) is 0 Å². The number of hydrogen-bond acceptors (Lipinski definition) is 4. The molecular formula is C14H17NO4. The van der Waals surface area contributed by atoms with Crippen LogP contribution in [0.5, 0.6) is 11.5 Å². The van der Waals surface area contributed by atoms with E-state index in [1.165, 1.54) is 0 Å². The van der Waals surface area contributed by atoms with Crippen molar-refractivity contribution >= 4 is 5.97 Å². The van der Waals surface area contributed by atoms with Gasteiger partial charge in [-0.2, -0.15) is 0 Å². The van der Waals surface area contributed by atoms with Crippen LogP contribution in [0.2, 0.25) is 0 Å². The van der Waals surface area contributed by atoms with Crippen molar-refractivity contribution in [2.45, 2.75) is 19.0 Å². The van der Waals surface area contributed by atoms with Gasteiger partial charge in [-0.1, -0.05) is 6.07 Å². The highest BCUT2D eigenvalue weighted by Gasteiger charge is 2.45. The SMILES string of the molecule is CN(Cc1ccc2c(c1)OCCO2)C1CC1C(=O)O. The van der Waals surface area contributed by atoms with Gasteiger partial charge >= 0.3 is 5.97 Å². The van der Waals surface area contributed by atoms with Crippen molar-refractivity contribution in [2.24, 2.45) is 5.92 Å². The van der Waals surface area contributed by atoms with Gasteiger partial charge in [0.15, 0.2) is 11.5 Å². The number of benzene rings is 1. The van der Waals surface area contributed by atoms with Gasteiger partial charge in [0.25, 0.3) is 0 Å². The monoisotopic (exact) mass is 263 g/mol. The maximum absolute atomic E-state index is 10.9. The normalized spacial score (nSPS) is 24.3. The third kappa shape index (κ3) is 2.51. The third-order valence-electron chi connectivity index (χ3n) is 3.68. The largest absolute Gasteiger partial charge is 0.486 e. The van der Waals surface area contributed by atoms with E-state index in [0.29, 0.717) is 13.2 Å². The summed E-state index contributed by atoms with van der Waals surface area (Å²) in [4.78, 5) is 12.9. The molecule has 1 heterocycles. The number of carbonyl (C=O) groups is 1. The Morgan fingerprint density at radius 1 is 1.37 bits per heavy atom. The number of carboxylic acid groups (broad SMARTS) is 1. The van der Waals surface area contributed by atoms with Crippen molar-refractivity contribution in [3.05, 3.63) is 23.8 Å². The molecule has 1 aromatic rings. The molecule has 2 unspecified atom stereocenters. The van der Waals surface area contributed by atoms with Crippen molar-refractivity contribution in [1.29, 1.82) is 0 Å². The molecule has 5 nitrogen and oxygen atoms in total. The van der Waals surface area contributed by atoms with E-state index in [1.807, 2.05) is 25.2 Å². The maximum atomic E-state index is 10.9. The molecule has 1 saturated carbocycles. The molecule has 2 aliphatic rings. The molecule has 5 heteroatoms. The molecule has 1 fully saturated rings. The molecular weight excluding hydrogens is 246 g/mol. The van der Waals surface area contributed by atoms with Crippen LogP contribution in [0.3, 0.4) is 0 Å². The predicted octanol–water partition coefficient (Wildman–Crippen LogP) is 1.36. The van der Waals surface area contributed by atoms with E-state index >= 15 is 0 Å². The molecule has 1 aliphatic heterocycles. The van der Waals surface area contributed by atoms with Crippen LogP contribution in [0.15, 0.2) is 18.2 Å². The van der Waals surface area contributed by atoms with Crippen molar-refractivity contribution in [2.75, 3.05) is 20.3 Å². The first-order chi connectivity index (χ1) is 9.15. The molecule has 0 spiro atoms. The highest BCUT2D eigenvalue weighted by Crippen LogP contribution is 2.37. The van der Waals surface area contributed by atoms with E-state index < -0.39 is 5.97 Å². The molecule has 1 aliphatic carbocycles. The Hall–Kier alpha value is -1.75. The van der Waals surface area contributed by atoms with Gasteiger partial charge in [0.05, 0.1) is 5.92 Å². The first-order valence-electron chi connectivity index (χ1n) is 6.47. The Morgan fingerprint density at radius 3 is 2.79 bits per heavy atom. The zero-order valence-electron chi connectivity index (χ0n) is 10.8. The number of hydrogen-bond donors (Lipinski definition) is 1. The second kappa shape index (κ2) is 4.74. The number of fused-ring (bicyclic) bond motifs is 1. The summed E-state index contributed by atoms with van der Waals surface area (Å²) in [5.41, 5.74) is 1.11. The lowest BCUT2D eigenvalue weighted by atomic mass is 10.2. The lowest BCUT2D eigenvalue weighted by Crippen LogP contribution is -2.24. The number of nitrogens with zero attached hydrogens (tertiary/aromatic N) is 1. The summed E-state index contributed by atoms with van der Waals surface area (Å²) >= 11 is 0. The molecule has 0 aromatic heterocycles. The van der Waals surface area contributed by atoms with Crippen molar-refractivity contribution < 1.29 is 19.4 Å². The molecule has 1 N–H and O–H groups in total. The molecule has 2 atom stereocenters. The smallest absolute Gasteiger partial charge is 0.308 e. The Kier molecular flexibility index (Phi) is 3.06. The molecule has 0 saturated heterocycles. The Bertz CT molecular complexity index is 502. The summed E-state index contributed by atoms with van der Waals surface area (Å²) in [7, 11) is 1.96. The average Bonchev–Trinajstić information content (AvgIpc) is 3.19. The molecule has 3 rings (SSSR count). The Balaban J connectivity index is 1.65. The van der Waals surface area contributed by atoms with Gasteiger partial charge in [0, 0.05) is 12.6 Å². The minimum absolute atomic E-state index is 0.158. The molecule has 0 radical (unpaired) electrons. The minimum atomic E-state index is -0.695. The van der Waals surface area contributed by atoms with E-state index in [0.717, 1.165) is 30.0 Å². The van der Waals surface area contributed by atoms with Gasteiger partial charge in [-0.05, 0) is 31.2 Å².